The zero-order chi connectivity index (χ0) is 7.49. The molecule has 0 saturated heterocycles. The molecule has 0 radical (unpaired) electrons. The number of hydrogen-bond acceptors (Lipinski definition) is 1. The number of halogens is 3. The van der Waals surface area contributed by atoms with E-state index >= 15 is 0 Å². The molecule has 0 aromatic carbocycles. The Morgan fingerprint density at radius 1 is 1.67 bits per heavy atom. The van der Waals surface area contributed by atoms with Gasteiger partial charge in [0.25, 0.3) is 0 Å². The maximum Gasteiger partial charge on any atom is 0.246 e. The minimum absolute atomic E-state index is 0.177. The SMILES string of the molecule is CC(F)(F)CC(I)CO. The average Bonchev–Trinajstić information content (AvgIpc) is 1.62. The minimum Gasteiger partial charge on any atom is -0.395 e. The predicted octanol–water partition coefficient (Wildman–Crippen LogP) is 1.83. The summed E-state index contributed by atoms with van der Waals surface area (Å²) in [6, 6.07) is 0. The maximum atomic E-state index is 12.0. The standard InChI is InChI=1S/C5H9F2IO/c1-5(6,7)2-4(8)3-9/h4,9H,2-3H2,1H3. The molecule has 0 aromatic rings. The van der Waals surface area contributed by atoms with Crippen molar-refractivity contribution in [3.63, 3.8) is 0 Å². The lowest BCUT2D eigenvalue weighted by atomic mass is 10.2. The van der Waals surface area contributed by atoms with Gasteiger partial charge in [0.15, 0.2) is 0 Å². The molecule has 0 amide bonds. The van der Waals surface area contributed by atoms with E-state index < -0.39 is 5.92 Å². The van der Waals surface area contributed by atoms with Gasteiger partial charge in [-0.15, -0.1) is 0 Å². The Labute approximate surface area is 66.6 Å². The van der Waals surface area contributed by atoms with Crippen molar-refractivity contribution in [2.24, 2.45) is 0 Å². The van der Waals surface area contributed by atoms with Crippen LogP contribution in [-0.4, -0.2) is 21.6 Å². The van der Waals surface area contributed by atoms with Crippen LogP contribution in [0.1, 0.15) is 13.3 Å². The molecule has 0 aliphatic carbocycles. The van der Waals surface area contributed by atoms with E-state index in [1.165, 1.54) is 0 Å². The third kappa shape index (κ3) is 6.44. The van der Waals surface area contributed by atoms with Gasteiger partial charge >= 0.3 is 0 Å². The van der Waals surface area contributed by atoms with E-state index in [-0.39, 0.29) is 17.0 Å². The molecule has 56 valence electrons. The van der Waals surface area contributed by atoms with Gasteiger partial charge in [-0.1, -0.05) is 22.6 Å². The van der Waals surface area contributed by atoms with Crippen molar-refractivity contribution in [3.05, 3.63) is 0 Å². The van der Waals surface area contributed by atoms with Crippen LogP contribution in [0.4, 0.5) is 8.78 Å². The van der Waals surface area contributed by atoms with E-state index in [0.717, 1.165) is 6.92 Å². The molecule has 1 nitrogen and oxygen atoms in total. The summed E-state index contributed by atoms with van der Waals surface area (Å²) < 4.78 is 23.8. The molecule has 1 atom stereocenters. The van der Waals surface area contributed by atoms with E-state index in [1.54, 1.807) is 22.6 Å². The van der Waals surface area contributed by atoms with Crippen LogP contribution in [0, 0.1) is 0 Å². The van der Waals surface area contributed by atoms with Gasteiger partial charge in [0.1, 0.15) is 0 Å². The Hall–Kier alpha value is 0.550. The summed E-state index contributed by atoms with van der Waals surface area (Å²) in [4.78, 5) is 0. The summed E-state index contributed by atoms with van der Waals surface area (Å²) >= 11 is 1.80. The Kier molecular flexibility index (Phi) is 3.88. The van der Waals surface area contributed by atoms with Crippen LogP contribution in [0.3, 0.4) is 0 Å². The van der Waals surface area contributed by atoms with Crippen molar-refractivity contribution in [2.45, 2.75) is 23.2 Å². The highest BCUT2D eigenvalue weighted by Crippen LogP contribution is 2.22. The van der Waals surface area contributed by atoms with Gasteiger partial charge in [-0.3, -0.25) is 0 Å². The van der Waals surface area contributed by atoms with Crippen LogP contribution in [0.2, 0.25) is 0 Å². The van der Waals surface area contributed by atoms with Crippen molar-refractivity contribution in [3.8, 4) is 0 Å². The molecule has 0 aromatic heterocycles. The summed E-state index contributed by atoms with van der Waals surface area (Å²) in [6.45, 7) is 0.679. The molecule has 0 heterocycles. The lowest BCUT2D eigenvalue weighted by molar-refractivity contribution is 0.0102. The Morgan fingerprint density at radius 2 is 2.11 bits per heavy atom. The van der Waals surface area contributed by atoms with Crippen LogP contribution in [0.15, 0.2) is 0 Å². The molecule has 9 heavy (non-hydrogen) atoms. The van der Waals surface area contributed by atoms with Gasteiger partial charge in [0.05, 0.1) is 6.61 Å². The zero-order valence-corrected chi connectivity index (χ0v) is 7.23. The smallest absolute Gasteiger partial charge is 0.246 e. The molecule has 1 N–H and O–H groups in total. The summed E-state index contributed by atoms with van der Waals surface area (Å²) in [5.74, 6) is -2.64. The maximum absolute atomic E-state index is 12.0. The van der Waals surface area contributed by atoms with Crippen LogP contribution < -0.4 is 0 Å². The molecule has 1 unspecified atom stereocenters. The van der Waals surface area contributed by atoms with E-state index in [2.05, 4.69) is 0 Å². The molecular formula is C5H9F2IO. The quantitative estimate of drug-likeness (QED) is 0.598. The van der Waals surface area contributed by atoms with Crippen molar-refractivity contribution in [1.29, 1.82) is 0 Å². The Morgan fingerprint density at radius 3 is 2.22 bits per heavy atom. The van der Waals surface area contributed by atoms with Gasteiger partial charge in [-0.2, -0.15) is 0 Å². The van der Waals surface area contributed by atoms with Crippen molar-refractivity contribution >= 4 is 22.6 Å². The molecule has 0 bridgehead atoms. The third-order valence-electron chi connectivity index (χ3n) is 0.778. The topological polar surface area (TPSA) is 20.2 Å². The molecular weight excluding hydrogens is 241 g/mol. The van der Waals surface area contributed by atoms with E-state index in [1.807, 2.05) is 0 Å². The van der Waals surface area contributed by atoms with E-state index in [9.17, 15) is 8.78 Å². The second-order valence-corrected chi connectivity index (χ2v) is 3.82. The van der Waals surface area contributed by atoms with Crippen LogP contribution >= 0.6 is 22.6 Å². The number of alkyl halides is 3. The average molecular weight is 250 g/mol. The zero-order valence-electron chi connectivity index (χ0n) is 5.07. The monoisotopic (exact) mass is 250 g/mol. The van der Waals surface area contributed by atoms with Gasteiger partial charge < -0.3 is 5.11 Å². The third-order valence-corrected chi connectivity index (χ3v) is 1.61. The van der Waals surface area contributed by atoms with Crippen LogP contribution in [-0.2, 0) is 0 Å². The van der Waals surface area contributed by atoms with Crippen molar-refractivity contribution < 1.29 is 13.9 Å². The first-order valence-electron chi connectivity index (χ1n) is 2.58. The largest absolute Gasteiger partial charge is 0.395 e. The summed E-state index contributed by atoms with van der Waals surface area (Å²) in [5, 5.41) is 8.36. The molecule has 0 spiro atoms. The van der Waals surface area contributed by atoms with E-state index in [4.69, 9.17) is 5.11 Å². The molecule has 0 fully saturated rings. The predicted molar refractivity (Wildman–Crippen MR) is 40.1 cm³/mol. The fraction of sp³-hybridized carbons (Fsp3) is 1.00. The fourth-order valence-corrected chi connectivity index (χ4v) is 1.23. The second kappa shape index (κ2) is 3.65. The summed E-state index contributed by atoms with van der Waals surface area (Å²) in [7, 11) is 0. The van der Waals surface area contributed by atoms with Crippen LogP contribution in [0.5, 0.6) is 0 Å². The second-order valence-electron chi connectivity index (χ2n) is 2.05. The lowest BCUT2D eigenvalue weighted by Gasteiger charge is -2.12. The molecule has 4 heteroatoms. The lowest BCUT2D eigenvalue weighted by Crippen LogP contribution is -2.18. The Balaban J connectivity index is 3.47. The highest BCUT2D eigenvalue weighted by molar-refractivity contribution is 14.1. The number of hydrogen-bond donors (Lipinski definition) is 1. The summed E-state index contributed by atoms with van der Waals surface area (Å²) in [6.07, 6.45) is -0.246. The number of rotatable bonds is 3. The van der Waals surface area contributed by atoms with Gasteiger partial charge in [0, 0.05) is 10.3 Å². The number of aliphatic hydroxyl groups excluding tert-OH is 1. The first-order chi connectivity index (χ1) is 3.95. The number of aliphatic hydroxyl groups is 1. The fourth-order valence-electron chi connectivity index (χ4n) is 0.453. The van der Waals surface area contributed by atoms with Crippen LogP contribution in [0.25, 0.3) is 0 Å². The van der Waals surface area contributed by atoms with Gasteiger partial charge in [-0.25, -0.2) is 8.78 Å². The Bertz CT molecular complexity index is 81.5. The highest BCUT2D eigenvalue weighted by atomic mass is 127. The molecule has 0 aliphatic rings. The van der Waals surface area contributed by atoms with E-state index in [0.29, 0.717) is 0 Å². The normalized spacial score (nSPS) is 15.7. The highest BCUT2D eigenvalue weighted by Gasteiger charge is 2.24. The van der Waals surface area contributed by atoms with Gasteiger partial charge in [-0.05, 0) is 6.92 Å². The van der Waals surface area contributed by atoms with Crippen molar-refractivity contribution in [2.75, 3.05) is 6.61 Å². The summed E-state index contributed by atoms with van der Waals surface area (Å²) in [5.41, 5.74) is 0. The molecule has 0 saturated carbocycles. The molecule has 0 rings (SSSR count). The first-order valence-corrected chi connectivity index (χ1v) is 3.83. The minimum atomic E-state index is -2.64. The van der Waals surface area contributed by atoms with Crippen molar-refractivity contribution in [1.82, 2.24) is 0 Å². The van der Waals surface area contributed by atoms with Gasteiger partial charge in [0.2, 0.25) is 5.92 Å². The molecule has 0 aliphatic heterocycles. The first kappa shape index (κ1) is 9.55.